The van der Waals surface area contributed by atoms with Crippen LogP contribution < -0.4 is 4.74 Å². The maximum Gasteiger partial charge on any atom is 0.156 e. The number of hydrogen-bond donors (Lipinski definition) is 1. The topological polar surface area (TPSA) is 50.8 Å². The van der Waals surface area contributed by atoms with Crippen LogP contribution in [0.5, 0.6) is 5.75 Å². The molecular weight excluding hydrogens is 185 g/mol. The first-order chi connectivity index (χ1) is 6.83. The first-order valence-corrected chi connectivity index (χ1v) is 4.00. The zero-order valence-corrected chi connectivity index (χ0v) is 7.49. The molecule has 0 radical (unpaired) electrons. The van der Waals surface area contributed by atoms with E-state index in [2.05, 4.69) is 15.0 Å². The fraction of sp³-hybridized carbons (Fsp3) is 0.111. The van der Waals surface area contributed by atoms with Crippen molar-refractivity contribution in [2.75, 3.05) is 7.11 Å². The van der Waals surface area contributed by atoms with Gasteiger partial charge in [-0.25, -0.2) is 9.37 Å². The number of halogens is 1. The molecule has 0 aromatic carbocycles. The normalized spacial score (nSPS) is 10.1. The first kappa shape index (κ1) is 8.68. The molecule has 0 aliphatic carbocycles. The number of ether oxygens (including phenoxy) is 1. The first-order valence-electron chi connectivity index (χ1n) is 4.00. The molecule has 0 aliphatic heterocycles. The summed E-state index contributed by atoms with van der Waals surface area (Å²) in [7, 11) is 1.46. The third-order valence-corrected chi connectivity index (χ3v) is 1.82. The molecule has 72 valence electrons. The molecule has 0 aliphatic rings. The third kappa shape index (κ3) is 1.32. The third-order valence-electron chi connectivity index (χ3n) is 1.82. The molecule has 5 heteroatoms. The van der Waals surface area contributed by atoms with Gasteiger partial charge in [0.1, 0.15) is 5.82 Å². The number of aromatic amines is 1. The number of pyridine rings is 1. The van der Waals surface area contributed by atoms with E-state index in [9.17, 15) is 4.39 Å². The van der Waals surface area contributed by atoms with Gasteiger partial charge in [-0.3, -0.25) is 4.98 Å². The monoisotopic (exact) mass is 193 g/mol. The van der Waals surface area contributed by atoms with Gasteiger partial charge in [-0.2, -0.15) is 0 Å². The van der Waals surface area contributed by atoms with E-state index in [4.69, 9.17) is 4.74 Å². The fourth-order valence-electron chi connectivity index (χ4n) is 1.20. The average molecular weight is 193 g/mol. The number of imidazole rings is 1. The molecule has 0 unspecified atom stereocenters. The van der Waals surface area contributed by atoms with Crippen molar-refractivity contribution in [1.29, 1.82) is 0 Å². The summed E-state index contributed by atoms with van der Waals surface area (Å²) >= 11 is 0. The lowest BCUT2D eigenvalue weighted by molar-refractivity contribution is 0.410. The second-order valence-electron chi connectivity index (χ2n) is 2.64. The highest BCUT2D eigenvalue weighted by Gasteiger charge is 2.13. The Morgan fingerprint density at radius 3 is 2.93 bits per heavy atom. The van der Waals surface area contributed by atoms with Crippen LogP contribution in [0.2, 0.25) is 0 Å². The van der Waals surface area contributed by atoms with Crippen molar-refractivity contribution in [3.63, 3.8) is 0 Å². The minimum Gasteiger partial charge on any atom is -0.494 e. The summed E-state index contributed by atoms with van der Waals surface area (Å²) in [6.07, 6.45) is 5.74. The summed E-state index contributed by atoms with van der Waals surface area (Å²) in [4.78, 5) is 10.4. The number of hydrogen-bond acceptors (Lipinski definition) is 3. The molecule has 14 heavy (non-hydrogen) atoms. The minimum atomic E-state index is -0.459. The summed E-state index contributed by atoms with van der Waals surface area (Å²) in [5.74, 6) is 0.334. The molecule has 2 aromatic heterocycles. The Bertz CT molecular complexity index is 428. The van der Waals surface area contributed by atoms with Gasteiger partial charge in [0, 0.05) is 12.4 Å². The Morgan fingerprint density at radius 1 is 1.43 bits per heavy atom. The van der Waals surface area contributed by atoms with Crippen molar-refractivity contribution in [2.24, 2.45) is 0 Å². The molecular formula is C9H8FN3O. The predicted molar refractivity (Wildman–Crippen MR) is 48.3 cm³/mol. The van der Waals surface area contributed by atoms with Crippen LogP contribution in [0.25, 0.3) is 11.4 Å². The summed E-state index contributed by atoms with van der Waals surface area (Å²) in [5.41, 5.74) is 0.299. The molecule has 0 atom stereocenters. The molecule has 1 N–H and O–H groups in total. The molecule has 2 rings (SSSR count). The van der Waals surface area contributed by atoms with Gasteiger partial charge in [0.25, 0.3) is 0 Å². The van der Waals surface area contributed by atoms with Gasteiger partial charge >= 0.3 is 0 Å². The highest BCUT2D eigenvalue weighted by molar-refractivity contribution is 5.63. The molecule has 2 heterocycles. The van der Waals surface area contributed by atoms with Crippen LogP contribution >= 0.6 is 0 Å². The summed E-state index contributed by atoms with van der Waals surface area (Å²) in [6, 6.07) is 0. The Kier molecular flexibility index (Phi) is 2.14. The molecule has 0 saturated carbocycles. The highest BCUT2D eigenvalue weighted by atomic mass is 19.1. The quantitative estimate of drug-likeness (QED) is 0.788. The van der Waals surface area contributed by atoms with Crippen LogP contribution in [0, 0.1) is 5.82 Å². The van der Waals surface area contributed by atoms with Crippen LogP contribution in [-0.2, 0) is 0 Å². The van der Waals surface area contributed by atoms with Gasteiger partial charge in [-0.1, -0.05) is 0 Å². The molecule has 0 fully saturated rings. The number of nitrogens with zero attached hydrogens (tertiary/aromatic N) is 2. The van der Waals surface area contributed by atoms with Crippen molar-refractivity contribution in [1.82, 2.24) is 15.0 Å². The van der Waals surface area contributed by atoms with E-state index < -0.39 is 5.82 Å². The highest BCUT2D eigenvalue weighted by Crippen LogP contribution is 2.28. The Hall–Kier alpha value is -1.91. The van der Waals surface area contributed by atoms with Gasteiger partial charge in [-0.15, -0.1) is 0 Å². The largest absolute Gasteiger partial charge is 0.494 e. The summed E-state index contributed by atoms with van der Waals surface area (Å²) in [6.45, 7) is 0. The molecule has 2 aromatic rings. The molecule has 0 saturated heterocycles. The number of methoxy groups -OCH3 is 1. The van der Waals surface area contributed by atoms with Gasteiger partial charge in [0.05, 0.1) is 25.1 Å². The van der Waals surface area contributed by atoms with Crippen molar-refractivity contribution < 1.29 is 9.13 Å². The lowest BCUT2D eigenvalue weighted by Crippen LogP contribution is -1.94. The van der Waals surface area contributed by atoms with E-state index in [1.165, 1.54) is 13.3 Å². The zero-order valence-electron chi connectivity index (χ0n) is 7.49. The number of aromatic nitrogens is 3. The standard InChI is InChI=1S/C9H8FN3O/c1-14-7-5-11-4-6(10)8(7)9-12-2-3-13-9/h2-5H,1H3,(H,12,13). The summed E-state index contributed by atoms with van der Waals surface area (Å²) < 4.78 is 18.4. The fourth-order valence-corrected chi connectivity index (χ4v) is 1.20. The molecule has 0 spiro atoms. The van der Waals surface area contributed by atoms with Crippen LogP contribution in [0.4, 0.5) is 4.39 Å². The second-order valence-corrected chi connectivity index (χ2v) is 2.64. The van der Waals surface area contributed by atoms with Crippen LogP contribution in [-0.4, -0.2) is 22.1 Å². The van der Waals surface area contributed by atoms with Gasteiger partial charge in [-0.05, 0) is 0 Å². The Morgan fingerprint density at radius 2 is 2.29 bits per heavy atom. The van der Waals surface area contributed by atoms with Crippen LogP contribution in [0.1, 0.15) is 0 Å². The Labute approximate surface area is 79.8 Å². The van der Waals surface area contributed by atoms with E-state index in [1.54, 1.807) is 12.4 Å². The number of H-pyrrole nitrogens is 1. The lowest BCUT2D eigenvalue weighted by Gasteiger charge is -2.05. The molecule has 4 nitrogen and oxygen atoms in total. The van der Waals surface area contributed by atoms with Crippen molar-refractivity contribution in [2.45, 2.75) is 0 Å². The van der Waals surface area contributed by atoms with Gasteiger partial charge in [0.2, 0.25) is 0 Å². The molecule has 0 bridgehead atoms. The molecule has 0 amide bonds. The maximum atomic E-state index is 13.4. The van der Waals surface area contributed by atoms with E-state index in [0.29, 0.717) is 17.1 Å². The summed E-state index contributed by atoms with van der Waals surface area (Å²) in [5, 5.41) is 0. The smallest absolute Gasteiger partial charge is 0.156 e. The van der Waals surface area contributed by atoms with E-state index in [0.717, 1.165) is 6.20 Å². The van der Waals surface area contributed by atoms with Crippen molar-refractivity contribution in [3.05, 3.63) is 30.6 Å². The lowest BCUT2D eigenvalue weighted by atomic mass is 10.2. The minimum absolute atomic E-state index is 0.299. The SMILES string of the molecule is COc1cncc(F)c1-c1ncc[nH]1. The Balaban J connectivity index is 2.61. The van der Waals surface area contributed by atoms with Crippen molar-refractivity contribution in [3.8, 4) is 17.1 Å². The second kappa shape index (κ2) is 3.45. The van der Waals surface area contributed by atoms with Gasteiger partial charge in [0.15, 0.2) is 11.6 Å². The van der Waals surface area contributed by atoms with Crippen LogP contribution in [0.15, 0.2) is 24.8 Å². The predicted octanol–water partition coefficient (Wildman–Crippen LogP) is 1.62. The van der Waals surface area contributed by atoms with Crippen LogP contribution in [0.3, 0.4) is 0 Å². The van der Waals surface area contributed by atoms with E-state index >= 15 is 0 Å². The van der Waals surface area contributed by atoms with E-state index in [-0.39, 0.29) is 0 Å². The number of nitrogens with one attached hydrogen (secondary N) is 1. The van der Waals surface area contributed by atoms with Crippen molar-refractivity contribution >= 4 is 0 Å². The maximum absolute atomic E-state index is 13.4. The van der Waals surface area contributed by atoms with Gasteiger partial charge < -0.3 is 9.72 Å². The zero-order chi connectivity index (χ0) is 9.97. The average Bonchev–Trinajstić information content (AvgIpc) is 2.70. The van der Waals surface area contributed by atoms with E-state index in [1.807, 2.05) is 0 Å². The number of rotatable bonds is 2.